The van der Waals surface area contributed by atoms with Crippen LogP contribution in [-0.4, -0.2) is 81.0 Å². The molecule has 1 unspecified atom stereocenters. The van der Waals surface area contributed by atoms with E-state index >= 15 is 0 Å². The summed E-state index contributed by atoms with van der Waals surface area (Å²) in [5, 5.41) is 59.4. The van der Waals surface area contributed by atoms with Gasteiger partial charge in [-0.05, 0) is 41.3 Å². The van der Waals surface area contributed by atoms with Gasteiger partial charge in [0, 0.05) is 11.4 Å². The fourth-order valence-corrected chi connectivity index (χ4v) is 3.72. The zero-order chi connectivity index (χ0) is 23.3. The van der Waals surface area contributed by atoms with E-state index in [9.17, 15) is 25.5 Å². The maximum Gasteiger partial charge on any atom is 0.124 e. The van der Waals surface area contributed by atoms with Gasteiger partial charge in [-0.3, -0.25) is 0 Å². The Morgan fingerprint density at radius 2 is 1.69 bits per heavy atom. The van der Waals surface area contributed by atoms with Crippen LogP contribution >= 0.6 is 11.6 Å². The maximum absolute atomic E-state index is 10.5. The molecule has 6 atom stereocenters. The molecule has 0 saturated carbocycles. The van der Waals surface area contributed by atoms with E-state index in [0.29, 0.717) is 30.2 Å². The first kappa shape index (κ1) is 24.9. The molecular formula is C23H29ClO8. The molecule has 0 radical (unpaired) electrons. The van der Waals surface area contributed by atoms with E-state index in [1.165, 1.54) is 6.07 Å². The van der Waals surface area contributed by atoms with E-state index in [2.05, 4.69) is 0 Å². The van der Waals surface area contributed by atoms with Crippen LogP contribution in [-0.2, 0) is 11.2 Å². The van der Waals surface area contributed by atoms with Crippen molar-refractivity contribution in [2.45, 2.75) is 49.5 Å². The highest BCUT2D eigenvalue weighted by Crippen LogP contribution is 2.28. The summed E-state index contributed by atoms with van der Waals surface area (Å²) in [5.41, 5.74) is 1.93. The molecule has 0 aliphatic carbocycles. The highest BCUT2D eigenvalue weighted by atomic mass is 35.5. The number of hydrogen-bond acceptors (Lipinski definition) is 8. The van der Waals surface area contributed by atoms with Gasteiger partial charge in [0.25, 0.3) is 0 Å². The van der Waals surface area contributed by atoms with Crippen LogP contribution in [0.3, 0.4) is 0 Å². The Balaban J connectivity index is 1.68. The van der Waals surface area contributed by atoms with Crippen molar-refractivity contribution >= 4 is 11.6 Å². The van der Waals surface area contributed by atoms with E-state index in [1.807, 2.05) is 24.3 Å². The van der Waals surface area contributed by atoms with Gasteiger partial charge in [0.1, 0.15) is 42.4 Å². The first-order chi connectivity index (χ1) is 15.3. The minimum absolute atomic E-state index is 0.0623. The number of aliphatic hydroxyl groups is 6. The predicted molar refractivity (Wildman–Crippen MR) is 117 cm³/mol. The number of benzene rings is 2. The first-order valence-electron chi connectivity index (χ1n) is 10.4. The summed E-state index contributed by atoms with van der Waals surface area (Å²) in [6.07, 6.45) is -7.31. The van der Waals surface area contributed by atoms with E-state index in [4.69, 9.17) is 26.2 Å². The van der Waals surface area contributed by atoms with Gasteiger partial charge in [-0.2, -0.15) is 0 Å². The third kappa shape index (κ3) is 6.18. The van der Waals surface area contributed by atoms with Gasteiger partial charge in [-0.15, -0.1) is 0 Å². The fourth-order valence-electron chi connectivity index (χ4n) is 3.54. The molecule has 2 aromatic carbocycles. The Morgan fingerprint density at radius 3 is 2.31 bits per heavy atom. The molecule has 0 bridgehead atoms. The molecule has 1 saturated heterocycles. The monoisotopic (exact) mass is 468 g/mol. The summed E-state index contributed by atoms with van der Waals surface area (Å²) in [6, 6.07) is 12.2. The molecule has 32 heavy (non-hydrogen) atoms. The highest BCUT2D eigenvalue weighted by molar-refractivity contribution is 6.31. The molecular weight excluding hydrogens is 440 g/mol. The molecule has 0 amide bonds. The Labute approximate surface area is 191 Å². The smallest absolute Gasteiger partial charge is 0.124 e. The van der Waals surface area contributed by atoms with Gasteiger partial charge in [0.2, 0.25) is 0 Å². The van der Waals surface area contributed by atoms with Crippen molar-refractivity contribution in [1.29, 1.82) is 0 Å². The van der Waals surface area contributed by atoms with Gasteiger partial charge in [-0.1, -0.05) is 35.9 Å². The summed E-state index contributed by atoms with van der Waals surface area (Å²) in [5.74, 6) is 0.750. The minimum Gasteiger partial charge on any atom is -0.488 e. The minimum atomic E-state index is -1.87. The van der Waals surface area contributed by atoms with Gasteiger partial charge in [0.05, 0.1) is 19.8 Å². The summed E-state index contributed by atoms with van der Waals surface area (Å²) in [7, 11) is 0. The Morgan fingerprint density at radius 1 is 0.969 bits per heavy atom. The lowest BCUT2D eigenvalue weighted by atomic mass is 9.93. The molecule has 3 rings (SSSR count). The second kappa shape index (κ2) is 11.4. The first-order valence-corrected chi connectivity index (χ1v) is 10.8. The van der Waals surface area contributed by atoms with E-state index < -0.39 is 37.1 Å². The lowest BCUT2D eigenvalue weighted by molar-refractivity contribution is -0.141. The molecule has 176 valence electrons. The molecule has 9 heteroatoms. The molecule has 8 nitrogen and oxygen atoms in total. The van der Waals surface area contributed by atoms with Crippen molar-refractivity contribution in [3.8, 4) is 5.75 Å². The lowest BCUT2D eigenvalue weighted by Gasteiger charge is -2.28. The summed E-state index contributed by atoms with van der Waals surface area (Å²) in [4.78, 5) is 0. The maximum atomic E-state index is 10.5. The Bertz CT molecular complexity index is 856. The number of ether oxygens (including phenoxy) is 2. The van der Waals surface area contributed by atoms with Crippen molar-refractivity contribution in [2.75, 3.05) is 19.8 Å². The average molecular weight is 469 g/mol. The second-order valence-corrected chi connectivity index (χ2v) is 8.35. The van der Waals surface area contributed by atoms with Gasteiger partial charge >= 0.3 is 0 Å². The van der Waals surface area contributed by atoms with Crippen LogP contribution in [0, 0.1) is 0 Å². The van der Waals surface area contributed by atoms with Crippen molar-refractivity contribution in [2.24, 2.45) is 0 Å². The molecule has 2 aromatic rings. The summed E-state index contributed by atoms with van der Waals surface area (Å²) < 4.78 is 11.2. The number of aliphatic hydroxyl groups excluding tert-OH is 6. The van der Waals surface area contributed by atoms with Crippen molar-refractivity contribution < 1.29 is 40.1 Å². The molecule has 1 aliphatic heterocycles. The van der Waals surface area contributed by atoms with Crippen LogP contribution in [0.15, 0.2) is 42.5 Å². The van der Waals surface area contributed by atoms with Gasteiger partial charge in [0.15, 0.2) is 0 Å². The van der Waals surface area contributed by atoms with Crippen LogP contribution in [0.4, 0.5) is 0 Å². The third-order valence-corrected chi connectivity index (χ3v) is 5.89. The van der Waals surface area contributed by atoms with Crippen LogP contribution in [0.5, 0.6) is 5.75 Å². The van der Waals surface area contributed by atoms with Crippen LogP contribution < -0.4 is 4.74 Å². The second-order valence-electron chi connectivity index (χ2n) is 7.94. The SMILES string of the molecule is OC[C@@H](O)[C@@H](O)[C@H](O)[C@@H](O)C(O)c1ccc(Cl)c(Cc2ccc(O[C@@H]3CCOC3)cc2)c1. The van der Waals surface area contributed by atoms with Crippen LogP contribution in [0.2, 0.25) is 5.02 Å². The molecule has 1 fully saturated rings. The molecule has 0 spiro atoms. The topological polar surface area (TPSA) is 140 Å². The van der Waals surface area contributed by atoms with Crippen LogP contribution in [0.25, 0.3) is 0 Å². The average Bonchev–Trinajstić information content (AvgIpc) is 3.32. The Kier molecular flexibility index (Phi) is 8.87. The van der Waals surface area contributed by atoms with E-state index in [-0.39, 0.29) is 11.7 Å². The molecule has 6 N–H and O–H groups in total. The molecule has 0 aromatic heterocycles. The number of hydrogen-bond donors (Lipinski definition) is 6. The van der Waals surface area contributed by atoms with Crippen LogP contribution in [0.1, 0.15) is 29.2 Å². The highest BCUT2D eigenvalue weighted by Gasteiger charge is 2.34. The lowest BCUT2D eigenvalue weighted by Crippen LogP contribution is -2.47. The number of halogens is 1. The van der Waals surface area contributed by atoms with Gasteiger partial charge in [-0.25, -0.2) is 0 Å². The number of rotatable bonds is 10. The standard InChI is InChI=1S/C23H29ClO8/c24-18-6-3-14(20(27)22(29)23(30)21(28)19(26)11-25)10-15(18)9-13-1-4-16(5-2-13)32-17-7-8-31-12-17/h1-6,10,17,19-23,25-30H,7-9,11-12H2/t17-,19-,20?,21-,22+,23+/m1/s1. The zero-order valence-electron chi connectivity index (χ0n) is 17.4. The normalized spacial score (nSPS) is 21.0. The van der Waals surface area contributed by atoms with Crippen molar-refractivity contribution in [1.82, 2.24) is 0 Å². The predicted octanol–water partition coefficient (Wildman–Crippen LogP) is 0.568. The van der Waals surface area contributed by atoms with Gasteiger partial charge < -0.3 is 40.1 Å². The Hall–Kier alpha value is -1.75. The van der Waals surface area contributed by atoms with Crippen molar-refractivity contribution in [3.05, 3.63) is 64.2 Å². The quantitative estimate of drug-likeness (QED) is 0.297. The molecule has 1 heterocycles. The van der Waals surface area contributed by atoms with E-state index in [1.54, 1.807) is 12.1 Å². The fraction of sp³-hybridized carbons (Fsp3) is 0.478. The summed E-state index contributed by atoms with van der Waals surface area (Å²) >= 11 is 6.32. The van der Waals surface area contributed by atoms with E-state index in [0.717, 1.165) is 17.7 Å². The largest absolute Gasteiger partial charge is 0.488 e. The third-order valence-electron chi connectivity index (χ3n) is 5.52. The van der Waals surface area contributed by atoms with Crippen molar-refractivity contribution in [3.63, 3.8) is 0 Å². The molecule has 1 aliphatic rings. The summed E-state index contributed by atoms with van der Waals surface area (Å²) in [6.45, 7) is 0.490. The zero-order valence-corrected chi connectivity index (χ0v) is 18.2.